The highest BCUT2D eigenvalue weighted by molar-refractivity contribution is 7.89. The molecule has 0 saturated carbocycles. The van der Waals surface area contributed by atoms with Gasteiger partial charge in [-0.25, -0.2) is 13.6 Å². The van der Waals surface area contributed by atoms with Crippen molar-refractivity contribution in [2.75, 3.05) is 18.8 Å². The lowest BCUT2D eigenvalue weighted by Crippen LogP contribution is -2.36. The van der Waals surface area contributed by atoms with E-state index in [-0.39, 0.29) is 5.75 Å². The van der Waals surface area contributed by atoms with Crippen LogP contribution in [-0.4, -0.2) is 38.2 Å². The molecule has 0 atom stereocenters. The predicted molar refractivity (Wildman–Crippen MR) is 50.4 cm³/mol. The molecule has 0 heterocycles. The largest absolute Gasteiger partial charge is 0.300 e. The van der Waals surface area contributed by atoms with E-state index in [9.17, 15) is 8.42 Å². The zero-order chi connectivity index (χ0) is 9.78. The van der Waals surface area contributed by atoms with E-state index in [4.69, 9.17) is 5.14 Å². The Morgan fingerprint density at radius 3 is 2.17 bits per heavy atom. The molecule has 0 aliphatic heterocycles. The number of rotatable bonds is 5. The predicted octanol–water partition coefficient (Wildman–Crippen LogP) is 0.00520. The molecule has 0 aliphatic rings. The van der Waals surface area contributed by atoms with Gasteiger partial charge in [0.2, 0.25) is 10.0 Å². The lowest BCUT2D eigenvalue weighted by atomic mass is 10.3. The Bertz CT molecular complexity index is 211. The van der Waals surface area contributed by atoms with Crippen LogP contribution in [0.4, 0.5) is 0 Å². The summed E-state index contributed by atoms with van der Waals surface area (Å²) in [4.78, 5) is 2.06. The van der Waals surface area contributed by atoms with Crippen LogP contribution in [0.3, 0.4) is 0 Å². The highest BCUT2D eigenvalue weighted by Gasteiger charge is 2.10. The molecule has 4 nitrogen and oxygen atoms in total. The summed E-state index contributed by atoms with van der Waals surface area (Å²) in [6, 6.07) is 0.372. The monoisotopic (exact) mass is 194 g/mol. The average Bonchev–Trinajstić information content (AvgIpc) is 1.85. The van der Waals surface area contributed by atoms with Gasteiger partial charge < -0.3 is 4.90 Å². The highest BCUT2D eigenvalue weighted by Crippen LogP contribution is 1.96. The molecule has 0 aliphatic carbocycles. The Balaban J connectivity index is 3.90. The first-order chi connectivity index (χ1) is 5.37. The molecule has 12 heavy (non-hydrogen) atoms. The summed E-state index contributed by atoms with van der Waals surface area (Å²) in [6.45, 7) is 7.45. The molecule has 0 aromatic rings. The Morgan fingerprint density at radius 2 is 1.92 bits per heavy atom. The molecule has 0 amide bonds. The fourth-order valence-electron chi connectivity index (χ4n) is 1.03. The van der Waals surface area contributed by atoms with E-state index in [1.807, 2.05) is 20.8 Å². The van der Waals surface area contributed by atoms with Crippen LogP contribution in [0.2, 0.25) is 0 Å². The highest BCUT2D eigenvalue weighted by atomic mass is 32.2. The van der Waals surface area contributed by atoms with Gasteiger partial charge in [-0.3, -0.25) is 0 Å². The van der Waals surface area contributed by atoms with Crippen molar-refractivity contribution in [1.82, 2.24) is 4.90 Å². The number of hydrogen-bond donors (Lipinski definition) is 1. The summed E-state index contributed by atoms with van der Waals surface area (Å²) in [5.74, 6) is 0.0407. The molecular weight excluding hydrogens is 176 g/mol. The van der Waals surface area contributed by atoms with Crippen molar-refractivity contribution in [3.05, 3.63) is 0 Å². The average molecular weight is 194 g/mol. The van der Waals surface area contributed by atoms with E-state index in [1.165, 1.54) is 0 Å². The minimum atomic E-state index is -3.30. The SMILES string of the molecule is CCN(CCS(N)(=O)=O)C(C)C. The first kappa shape index (κ1) is 11.9. The number of sulfonamides is 1. The Morgan fingerprint density at radius 1 is 1.42 bits per heavy atom. The van der Waals surface area contributed by atoms with E-state index in [2.05, 4.69) is 4.90 Å². The molecule has 0 radical (unpaired) electrons. The Kier molecular flexibility index (Phi) is 4.74. The maximum atomic E-state index is 10.6. The maximum absolute atomic E-state index is 10.6. The van der Waals surface area contributed by atoms with Crippen molar-refractivity contribution >= 4 is 10.0 Å². The fourth-order valence-corrected chi connectivity index (χ4v) is 1.51. The van der Waals surface area contributed by atoms with Crippen LogP contribution in [0.15, 0.2) is 0 Å². The van der Waals surface area contributed by atoms with Crippen molar-refractivity contribution < 1.29 is 8.42 Å². The summed E-state index contributed by atoms with van der Waals surface area (Å²) < 4.78 is 21.3. The van der Waals surface area contributed by atoms with Gasteiger partial charge in [0.25, 0.3) is 0 Å². The van der Waals surface area contributed by atoms with E-state index in [0.29, 0.717) is 12.6 Å². The lowest BCUT2D eigenvalue weighted by Gasteiger charge is -2.23. The van der Waals surface area contributed by atoms with Crippen LogP contribution >= 0.6 is 0 Å². The smallest absolute Gasteiger partial charge is 0.210 e. The molecular formula is C7H18N2O2S. The zero-order valence-corrected chi connectivity index (χ0v) is 8.76. The first-order valence-corrected chi connectivity index (χ1v) is 5.83. The summed E-state index contributed by atoms with van der Waals surface area (Å²) >= 11 is 0. The molecule has 0 unspecified atom stereocenters. The van der Waals surface area contributed by atoms with Gasteiger partial charge in [0.15, 0.2) is 0 Å². The molecule has 0 fully saturated rings. The summed E-state index contributed by atoms with van der Waals surface area (Å²) in [5, 5.41) is 4.88. The summed E-state index contributed by atoms with van der Waals surface area (Å²) in [5.41, 5.74) is 0. The minimum absolute atomic E-state index is 0.0407. The van der Waals surface area contributed by atoms with Gasteiger partial charge >= 0.3 is 0 Å². The number of nitrogens with zero attached hydrogens (tertiary/aromatic N) is 1. The number of hydrogen-bond acceptors (Lipinski definition) is 3. The van der Waals surface area contributed by atoms with Crippen molar-refractivity contribution in [3.8, 4) is 0 Å². The summed E-state index contributed by atoms with van der Waals surface area (Å²) in [7, 11) is -3.30. The third kappa shape index (κ3) is 5.51. The van der Waals surface area contributed by atoms with Gasteiger partial charge in [0.05, 0.1) is 5.75 Å². The van der Waals surface area contributed by atoms with Gasteiger partial charge in [-0.05, 0) is 20.4 Å². The quantitative estimate of drug-likeness (QED) is 0.670. The normalized spacial score (nSPS) is 12.8. The van der Waals surface area contributed by atoms with Gasteiger partial charge in [-0.2, -0.15) is 0 Å². The first-order valence-electron chi connectivity index (χ1n) is 4.11. The molecule has 2 N–H and O–H groups in total. The van der Waals surface area contributed by atoms with E-state index >= 15 is 0 Å². The minimum Gasteiger partial charge on any atom is -0.300 e. The van der Waals surface area contributed by atoms with Crippen LogP contribution in [0.5, 0.6) is 0 Å². The Labute approximate surface area is 74.8 Å². The molecule has 0 aromatic heterocycles. The molecule has 0 saturated heterocycles. The van der Waals surface area contributed by atoms with Crippen LogP contribution in [0.25, 0.3) is 0 Å². The fraction of sp³-hybridized carbons (Fsp3) is 1.00. The second kappa shape index (κ2) is 4.79. The zero-order valence-electron chi connectivity index (χ0n) is 7.95. The summed E-state index contributed by atoms with van der Waals surface area (Å²) in [6.07, 6.45) is 0. The second-order valence-corrected chi connectivity index (χ2v) is 4.82. The maximum Gasteiger partial charge on any atom is 0.210 e. The van der Waals surface area contributed by atoms with Crippen LogP contribution in [0.1, 0.15) is 20.8 Å². The third-order valence-corrected chi connectivity index (χ3v) is 2.55. The second-order valence-electron chi connectivity index (χ2n) is 3.09. The van der Waals surface area contributed by atoms with Crippen LogP contribution in [-0.2, 0) is 10.0 Å². The molecule has 0 aromatic carbocycles. The van der Waals surface area contributed by atoms with Crippen molar-refractivity contribution in [1.29, 1.82) is 0 Å². The van der Waals surface area contributed by atoms with E-state index in [0.717, 1.165) is 6.54 Å². The number of nitrogens with two attached hydrogens (primary N) is 1. The van der Waals surface area contributed by atoms with Gasteiger partial charge in [0.1, 0.15) is 0 Å². The Hall–Kier alpha value is -0.130. The molecule has 0 rings (SSSR count). The van der Waals surface area contributed by atoms with Gasteiger partial charge in [-0.1, -0.05) is 6.92 Å². The van der Waals surface area contributed by atoms with Crippen LogP contribution < -0.4 is 5.14 Å². The standard InChI is InChI=1S/C7H18N2O2S/c1-4-9(7(2)3)5-6-12(8,10)11/h7H,4-6H2,1-3H3,(H2,8,10,11). The molecule has 5 heteroatoms. The molecule has 0 bridgehead atoms. The van der Waals surface area contributed by atoms with Crippen molar-refractivity contribution in [3.63, 3.8) is 0 Å². The van der Waals surface area contributed by atoms with Crippen LogP contribution in [0, 0.1) is 0 Å². The van der Waals surface area contributed by atoms with Gasteiger partial charge in [0, 0.05) is 12.6 Å². The van der Waals surface area contributed by atoms with Crippen molar-refractivity contribution in [2.24, 2.45) is 5.14 Å². The molecule has 74 valence electrons. The lowest BCUT2D eigenvalue weighted by molar-refractivity contribution is 0.247. The topological polar surface area (TPSA) is 63.4 Å². The van der Waals surface area contributed by atoms with Gasteiger partial charge in [-0.15, -0.1) is 0 Å². The third-order valence-electron chi connectivity index (χ3n) is 1.80. The number of primary sulfonamides is 1. The van der Waals surface area contributed by atoms with Crippen molar-refractivity contribution in [2.45, 2.75) is 26.8 Å². The molecule has 0 spiro atoms. The van der Waals surface area contributed by atoms with E-state index < -0.39 is 10.0 Å². The van der Waals surface area contributed by atoms with E-state index in [1.54, 1.807) is 0 Å².